The highest BCUT2D eigenvalue weighted by Gasteiger charge is 2.26. The van der Waals surface area contributed by atoms with Crippen molar-refractivity contribution in [2.45, 2.75) is 52.6 Å². The number of hydrogen-bond acceptors (Lipinski definition) is 5. The Kier molecular flexibility index (Phi) is 5.75. The Morgan fingerprint density at radius 2 is 2.21 bits per heavy atom. The molecule has 1 unspecified atom stereocenters. The molecule has 108 valence electrons. The van der Waals surface area contributed by atoms with Crippen LogP contribution >= 0.6 is 0 Å². The van der Waals surface area contributed by atoms with Crippen LogP contribution in [0.3, 0.4) is 0 Å². The minimum Gasteiger partial charge on any atom is -0.361 e. The van der Waals surface area contributed by atoms with Crippen molar-refractivity contribution in [1.29, 1.82) is 0 Å². The predicted molar refractivity (Wildman–Crippen MR) is 75.3 cm³/mol. The maximum absolute atomic E-state index is 11.1. The normalized spacial score (nSPS) is 12.4. The number of nitrogens with two attached hydrogens (primary N) is 1. The second-order valence-electron chi connectivity index (χ2n) is 4.57. The first-order chi connectivity index (χ1) is 9.04. The van der Waals surface area contributed by atoms with Crippen molar-refractivity contribution in [3.63, 3.8) is 0 Å². The van der Waals surface area contributed by atoms with E-state index >= 15 is 0 Å². The third-order valence-electron chi connectivity index (χ3n) is 3.11. The lowest BCUT2D eigenvalue weighted by Crippen LogP contribution is -2.30. The minimum absolute atomic E-state index is 0.0417. The predicted octanol–water partition coefficient (Wildman–Crippen LogP) is 2.05. The fraction of sp³-hybridized carbons (Fsp3) is 0.750. The number of nitro groups is 1. The molecule has 0 spiro atoms. The highest BCUT2D eigenvalue weighted by atomic mass is 16.6. The SMILES string of the molecule is CCCCC(CN)Nc1c([N+](=O)[O-])c(C)nn1CC. The van der Waals surface area contributed by atoms with Gasteiger partial charge in [0.25, 0.3) is 0 Å². The molecule has 0 aromatic carbocycles. The Morgan fingerprint density at radius 3 is 2.68 bits per heavy atom. The Balaban J connectivity index is 2.99. The zero-order valence-electron chi connectivity index (χ0n) is 11.8. The molecule has 0 fully saturated rings. The first kappa shape index (κ1) is 15.4. The number of rotatable bonds is 8. The number of anilines is 1. The first-order valence-corrected chi connectivity index (χ1v) is 6.73. The van der Waals surface area contributed by atoms with Gasteiger partial charge >= 0.3 is 5.69 Å². The largest absolute Gasteiger partial charge is 0.361 e. The van der Waals surface area contributed by atoms with E-state index in [1.54, 1.807) is 11.6 Å². The molecule has 0 bridgehead atoms. The number of nitrogens with zero attached hydrogens (tertiary/aromatic N) is 3. The lowest BCUT2D eigenvalue weighted by molar-refractivity contribution is -0.384. The van der Waals surface area contributed by atoms with Crippen LogP contribution in [-0.4, -0.2) is 27.3 Å². The van der Waals surface area contributed by atoms with E-state index in [-0.39, 0.29) is 16.7 Å². The Bertz CT molecular complexity index is 430. The van der Waals surface area contributed by atoms with E-state index in [0.717, 1.165) is 19.3 Å². The lowest BCUT2D eigenvalue weighted by atomic mass is 10.1. The molecular weight excluding hydrogens is 246 g/mol. The molecule has 0 aliphatic carbocycles. The number of hydrogen-bond donors (Lipinski definition) is 2. The molecule has 1 aromatic heterocycles. The molecule has 19 heavy (non-hydrogen) atoms. The van der Waals surface area contributed by atoms with Crippen molar-refractivity contribution in [2.24, 2.45) is 5.73 Å². The third-order valence-corrected chi connectivity index (χ3v) is 3.11. The van der Waals surface area contributed by atoms with Crippen LogP contribution in [-0.2, 0) is 6.54 Å². The molecule has 0 aliphatic rings. The van der Waals surface area contributed by atoms with Crippen LogP contribution in [0.5, 0.6) is 0 Å². The summed E-state index contributed by atoms with van der Waals surface area (Å²) >= 11 is 0. The molecule has 7 nitrogen and oxygen atoms in total. The zero-order valence-corrected chi connectivity index (χ0v) is 11.8. The van der Waals surface area contributed by atoms with Gasteiger partial charge in [-0.2, -0.15) is 5.10 Å². The third kappa shape index (κ3) is 3.66. The molecule has 0 saturated heterocycles. The highest BCUT2D eigenvalue weighted by Crippen LogP contribution is 2.29. The zero-order chi connectivity index (χ0) is 14.4. The van der Waals surface area contributed by atoms with Gasteiger partial charge in [-0.3, -0.25) is 10.1 Å². The fourth-order valence-corrected chi connectivity index (χ4v) is 2.06. The molecule has 1 aromatic rings. The van der Waals surface area contributed by atoms with Crippen molar-refractivity contribution in [3.05, 3.63) is 15.8 Å². The smallest absolute Gasteiger partial charge is 0.333 e. The van der Waals surface area contributed by atoms with Crippen LogP contribution in [0.15, 0.2) is 0 Å². The molecule has 0 radical (unpaired) electrons. The summed E-state index contributed by atoms with van der Waals surface area (Å²) in [5, 5.41) is 18.5. The second-order valence-corrected chi connectivity index (χ2v) is 4.57. The van der Waals surface area contributed by atoms with Gasteiger partial charge < -0.3 is 11.1 Å². The van der Waals surface area contributed by atoms with Gasteiger partial charge in [-0.05, 0) is 20.3 Å². The minimum atomic E-state index is -0.385. The molecule has 0 saturated carbocycles. The Hall–Kier alpha value is -1.63. The van der Waals surface area contributed by atoms with Crippen molar-refractivity contribution < 1.29 is 4.92 Å². The Labute approximate surface area is 113 Å². The molecular formula is C12H23N5O2. The van der Waals surface area contributed by atoms with Gasteiger partial charge in [-0.15, -0.1) is 0 Å². The summed E-state index contributed by atoms with van der Waals surface area (Å²) in [6.45, 7) is 6.70. The lowest BCUT2D eigenvalue weighted by Gasteiger charge is -2.17. The maximum Gasteiger partial charge on any atom is 0.333 e. The summed E-state index contributed by atoms with van der Waals surface area (Å²) in [5.74, 6) is 0.469. The molecule has 1 atom stereocenters. The first-order valence-electron chi connectivity index (χ1n) is 6.73. The second kappa shape index (κ2) is 7.08. The topological polar surface area (TPSA) is 99.0 Å². The summed E-state index contributed by atoms with van der Waals surface area (Å²) in [7, 11) is 0. The molecule has 7 heteroatoms. The van der Waals surface area contributed by atoms with Crippen LogP contribution in [0.1, 0.15) is 38.8 Å². The van der Waals surface area contributed by atoms with E-state index in [9.17, 15) is 10.1 Å². The van der Waals surface area contributed by atoms with E-state index in [0.29, 0.717) is 24.6 Å². The van der Waals surface area contributed by atoms with Crippen molar-refractivity contribution >= 4 is 11.5 Å². The van der Waals surface area contributed by atoms with Crippen LogP contribution < -0.4 is 11.1 Å². The quantitative estimate of drug-likeness (QED) is 0.556. The maximum atomic E-state index is 11.1. The number of aromatic nitrogens is 2. The van der Waals surface area contributed by atoms with Gasteiger partial charge in [0.2, 0.25) is 5.82 Å². The van der Waals surface area contributed by atoms with E-state index in [2.05, 4.69) is 17.3 Å². The van der Waals surface area contributed by atoms with Gasteiger partial charge in [0, 0.05) is 19.1 Å². The number of unbranched alkanes of at least 4 members (excludes halogenated alkanes) is 1. The van der Waals surface area contributed by atoms with E-state index in [1.807, 2.05) is 6.92 Å². The van der Waals surface area contributed by atoms with Crippen LogP contribution in [0.2, 0.25) is 0 Å². The van der Waals surface area contributed by atoms with E-state index < -0.39 is 0 Å². The summed E-state index contributed by atoms with van der Waals surface area (Å²) in [4.78, 5) is 10.8. The van der Waals surface area contributed by atoms with Gasteiger partial charge in [0.15, 0.2) is 0 Å². The summed E-state index contributed by atoms with van der Waals surface area (Å²) in [6, 6.07) is 0.0417. The molecule has 1 rings (SSSR count). The highest BCUT2D eigenvalue weighted by molar-refractivity contribution is 5.60. The monoisotopic (exact) mass is 269 g/mol. The average Bonchev–Trinajstić information content (AvgIpc) is 2.70. The number of aryl methyl sites for hydroxylation is 2. The van der Waals surface area contributed by atoms with Gasteiger partial charge in [0.05, 0.1) is 4.92 Å². The molecule has 0 aliphatic heterocycles. The summed E-state index contributed by atoms with van der Waals surface area (Å²) in [6.07, 6.45) is 3.02. The molecule has 0 amide bonds. The van der Waals surface area contributed by atoms with Crippen molar-refractivity contribution in [2.75, 3.05) is 11.9 Å². The van der Waals surface area contributed by atoms with Crippen LogP contribution in [0.25, 0.3) is 0 Å². The molecule has 3 N–H and O–H groups in total. The van der Waals surface area contributed by atoms with Crippen molar-refractivity contribution in [3.8, 4) is 0 Å². The summed E-state index contributed by atoms with van der Waals surface area (Å²) in [5.41, 5.74) is 6.21. The van der Waals surface area contributed by atoms with Crippen molar-refractivity contribution in [1.82, 2.24) is 9.78 Å². The van der Waals surface area contributed by atoms with Gasteiger partial charge in [0.1, 0.15) is 5.69 Å². The van der Waals surface area contributed by atoms with E-state index in [1.165, 1.54) is 0 Å². The van der Waals surface area contributed by atoms with Crippen LogP contribution in [0.4, 0.5) is 11.5 Å². The summed E-state index contributed by atoms with van der Waals surface area (Å²) < 4.78 is 1.63. The van der Waals surface area contributed by atoms with Gasteiger partial charge in [-0.1, -0.05) is 19.8 Å². The van der Waals surface area contributed by atoms with E-state index in [4.69, 9.17) is 5.73 Å². The molecule has 1 heterocycles. The van der Waals surface area contributed by atoms with Crippen LogP contribution in [0, 0.1) is 17.0 Å². The average molecular weight is 269 g/mol. The fourth-order valence-electron chi connectivity index (χ4n) is 2.06. The van der Waals surface area contributed by atoms with Gasteiger partial charge in [-0.25, -0.2) is 4.68 Å². The Morgan fingerprint density at radius 1 is 1.53 bits per heavy atom. The number of nitrogens with one attached hydrogen (secondary N) is 1. The standard InChI is InChI=1S/C12H23N5O2/c1-4-6-7-10(8-13)14-12-11(17(18)19)9(3)15-16(12)5-2/h10,14H,4-8,13H2,1-3H3.